The number of hydrogen-bond donors (Lipinski definition) is 3. The molecule has 6 rings (SSSR count). The summed E-state index contributed by atoms with van der Waals surface area (Å²) in [7, 11) is 0. The van der Waals surface area contributed by atoms with E-state index in [0.717, 1.165) is 27.6 Å². The first kappa shape index (κ1) is 25.1. The minimum atomic E-state index is -1.62. The molecule has 3 aromatic carbocycles. The third-order valence-corrected chi connectivity index (χ3v) is 6.83. The van der Waals surface area contributed by atoms with Crippen molar-refractivity contribution < 1.29 is 33.2 Å². The van der Waals surface area contributed by atoms with Crippen LogP contribution in [-0.2, 0) is 4.74 Å². The fourth-order valence-corrected chi connectivity index (χ4v) is 4.85. The van der Waals surface area contributed by atoms with Crippen LogP contribution >= 0.6 is 0 Å². The van der Waals surface area contributed by atoms with Crippen LogP contribution in [0.3, 0.4) is 0 Å². The third kappa shape index (κ3) is 4.34. The SMILES string of the molecule is OC[C@H]1O[C@@H](c2nncn2-c2ccc3ccccc3c2)[C@H](O)[C@@H](n2cc(-c3cc(F)c(F)c(F)c3)nn2)[C@H]1O. The lowest BCUT2D eigenvalue weighted by atomic mass is 9.92. The van der Waals surface area contributed by atoms with Gasteiger partial charge in [0.05, 0.1) is 12.8 Å². The molecule has 1 fully saturated rings. The molecule has 5 aromatic rings. The molecule has 0 unspecified atom stereocenters. The number of nitrogens with zero attached hydrogens (tertiary/aromatic N) is 6. The summed E-state index contributed by atoms with van der Waals surface area (Å²) in [6, 6.07) is 13.8. The van der Waals surface area contributed by atoms with Crippen LogP contribution in [0.4, 0.5) is 13.2 Å². The summed E-state index contributed by atoms with van der Waals surface area (Å²) in [6.07, 6.45) is -2.55. The van der Waals surface area contributed by atoms with Crippen molar-refractivity contribution in [1.29, 1.82) is 0 Å². The molecule has 0 aliphatic carbocycles. The van der Waals surface area contributed by atoms with Gasteiger partial charge < -0.3 is 20.1 Å². The van der Waals surface area contributed by atoms with Gasteiger partial charge >= 0.3 is 0 Å². The Hall–Kier alpha value is -4.17. The van der Waals surface area contributed by atoms with Crippen molar-refractivity contribution in [2.45, 2.75) is 30.5 Å². The Labute approximate surface area is 218 Å². The van der Waals surface area contributed by atoms with Crippen LogP contribution in [0.2, 0.25) is 0 Å². The standard InChI is InChI=1S/C26H21F3N6O4/c27-17-8-15(9-18(28)21(17)29)19-10-35(33-31-19)22-23(37)20(11-36)39-25(24(22)38)26-32-30-12-34(26)16-6-5-13-3-1-2-4-14(13)7-16/h1-10,12,20,22-25,36-38H,11H2/t20-,22+,23+,24-,25-/m1/s1. The van der Waals surface area contributed by atoms with E-state index >= 15 is 0 Å². The second-order valence-electron chi connectivity index (χ2n) is 9.18. The van der Waals surface area contributed by atoms with Crippen molar-refractivity contribution in [2.24, 2.45) is 0 Å². The van der Waals surface area contributed by atoms with E-state index in [4.69, 9.17) is 4.74 Å². The van der Waals surface area contributed by atoms with E-state index < -0.39 is 54.5 Å². The second-order valence-corrected chi connectivity index (χ2v) is 9.18. The average Bonchev–Trinajstić information content (AvgIpc) is 3.62. The van der Waals surface area contributed by atoms with E-state index in [9.17, 15) is 28.5 Å². The Bertz CT molecular complexity index is 1640. The Balaban J connectivity index is 1.37. The van der Waals surface area contributed by atoms with Gasteiger partial charge in [0.25, 0.3) is 0 Å². The minimum absolute atomic E-state index is 0.0323. The number of aliphatic hydroxyl groups is 3. The summed E-state index contributed by atoms with van der Waals surface area (Å²) in [4.78, 5) is 0. The number of benzene rings is 3. The molecule has 5 atom stereocenters. The largest absolute Gasteiger partial charge is 0.394 e. The van der Waals surface area contributed by atoms with Crippen LogP contribution in [0, 0.1) is 17.5 Å². The van der Waals surface area contributed by atoms with Gasteiger partial charge in [0.1, 0.15) is 42.5 Å². The number of rotatable bonds is 5. The summed E-state index contributed by atoms with van der Waals surface area (Å²) < 4.78 is 49.6. The molecular formula is C26H21F3N6O4. The van der Waals surface area contributed by atoms with Crippen LogP contribution in [0.15, 0.2) is 67.1 Å². The van der Waals surface area contributed by atoms with Gasteiger partial charge in [0, 0.05) is 11.3 Å². The highest BCUT2D eigenvalue weighted by Crippen LogP contribution is 2.38. The van der Waals surface area contributed by atoms with Crippen molar-refractivity contribution in [2.75, 3.05) is 6.61 Å². The predicted molar refractivity (Wildman–Crippen MR) is 130 cm³/mol. The molecular weight excluding hydrogens is 517 g/mol. The molecule has 1 aliphatic rings. The number of aromatic nitrogens is 6. The van der Waals surface area contributed by atoms with Crippen molar-refractivity contribution in [3.05, 3.63) is 90.4 Å². The Morgan fingerprint density at radius 1 is 0.897 bits per heavy atom. The molecule has 1 aliphatic heterocycles. The van der Waals surface area contributed by atoms with Crippen LogP contribution in [0.1, 0.15) is 18.0 Å². The number of aliphatic hydroxyl groups excluding tert-OH is 3. The molecule has 3 N–H and O–H groups in total. The monoisotopic (exact) mass is 538 g/mol. The highest BCUT2D eigenvalue weighted by molar-refractivity contribution is 5.84. The van der Waals surface area contributed by atoms with Gasteiger partial charge in [-0.1, -0.05) is 35.5 Å². The smallest absolute Gasteiger partial charge is 0.194 e. The molecule has 200 valence electrons. The predicted octanol–water partition coefficient (Wildman–Crippen LogP) is 2.49. The van der Waals surface area contributed by atoms with E-state index in [1.165, 1.54) is 12.5 Å². The van der Waals surface area contributed by atoms with Crippen molar-refractivity contribution >= 4 is 10.8 Å². The van der Waals surface area contributed by atoms with Gasteiger partial charge in [-0.15, -0.1) is 15.3 Å². The molecule has 13 heteroatoms. The van der Waals surface area contributed by atoms with Crippen molar-refractivity contribution in [3.8, 4) is 16.9 Å². The highest BCUT2D eigenvalue weighted by Gasteiger charge is 2.48. The minimum Gasteiger partial charge on any atom is -0.394 e. The fraction of sp³-hybridized carbons (Fsp3) is 0.231. The summed E-state index contributed by atoms with van der Waals surface area (Å²) in [5.41, 5.74) is 0.561. The zero-order chi connectivity index (χ0) is 27.3. The van der Waals surface area contributed by atoms with Gasteiger partial charge in [-0.3, -0.25) is 4.57 Å². The highest BCUT2D eigenvalue weighted by atomic mass is 19.2. The van der Waals surface area contributed by atoms with Crippen LogP contribution in [0.25, 0.3) is 27.7 Å². The molecule has 0 spiro atoms. The summed E-state index contributed by atoms with van der Waals surface area (Å²) >= 11 is 0. The lowest BCUT2D eigenvalue weighted by Crippen LogP contribution is -2.53. The number of halogens is 3. The van der Waals surface area contributed by atoms with E-state index in [2.05, 4.69) is 20.5 Å². The quantitative estimate of drug-likeness (QED) is 0.291. The average molecular weight is 538 g/mol. The van der Waals surface area contributed by atoms with Gasteiger partial charge in [-0.05, 0) is 35.0 Å². The van der Waals surface area contributed by atoms with Gasteiger partial charge in [-0.25, -0.2) is 17.9 Å². The molecule has 0 saturated carbocycles. The topological polar surface area (TPSA) is 131 Å². The molecule has 0 radical (unpaired) electrons. The van der Waals surface area contributed by atoms with Gasteiger partial charge in [-0.2, -0.15) is 0 Å². The fourth-order valence-electron chi connectivity index (χ4n) is 4.85. The van der Waals surface area contributed by atoms with Crippen molar-refractivity contribution in [3.63, 3.8) is 0 Å². The second kappa shape index (κ2) is 9.85. The van der Waals surface area contributed by atoms with Crippen LogP contribution < -0.4 is 0 Å². The maximum Gasteiger partial charge on any atom is 0.194 e. The van der Waals surface area contributed by atoms with E-state index in [1.54, 1.807) is 4.57 Å². The van der Waals surface area contributed by atoms with Crippen LogP contribution in [0.5, 0.6) is 0 Å². The molecule has 2 aromatic heterocycles. The molecule has 1 saturated heterocycles. The maximum atomic E-state index is 13.8. The molecule has 39 heavy (non-hydrogen) atoms. The zero-order valence-corrected chi connectivity index (χ0v) is 20.0. The summed E-state index contributed by atoms with van der Waals surface area (Å²) in [6.45, 7) is -0.596. The van der Waals surface area contributed by atoms with E-state index in [1.807, 2.05) is 42.5 Å². The Morgan fingerprint density at radius 3 is 2.38 bits per heavy atom. The Morgan fingerprint density at radius 2 is 1.64 bits per heavy atom. The first-order valence-corrected chi connectivity index (χ1v) is 11.9. The summed E-state index contributed by atoms with van der Waals surface area (Å²) in [5, 5.41) is 50.2. The lowest BCUT2D eigenvalue weighted by molar-refractivity contribution is -0.210. The Kier molecular flexibility index (Phi) is 6.35. The van der Waals surface area contributed by atoms with E-state index in [-0.39, 0.29) is 17.1 Å². The first-order valence-electron chi connectivity index (χ1n) is 11.9. The van der Waals surface area contributed by atoms with Gasteiger partial charge in [0.15, 0.2) is 23.3 Å². The normalized spacial score (nSPS) is 23.4. The molecule has 0 amide bonds. The molecule has 3 heterocycles. The third-order valence-electron chi connectivity index (χ3n) is 6.83. The van der Waals surface area contributed by atoms with Crippen LogP contribution in [-0.4, -0.2) is 70.0 Å². The zero-order valence-electron chi connectivity index (χ0n) is 20.0. The number of hydrogen-bond acceptors (Lipinski definition) is 8. The van der Waals surface area contributed by atoms with Crippen molar-refractivity contribution in [1.82, 2.24) is 29.8 Å². The van der Waals surface area contributed by atoms with E-state index in [0.29, 0.717) is 5.69 Å². The lowest BCUT2D eigenvalue weighted by Gasteiger charge is -2.41. The molecule has 0 bridgehead atoms. The first-order chi connectivity index (χ1) is 18.9. The summed E-state index contributed by atoms with van der Waals surface area (Å²) in [5.74, 6) is -4.22. The maximum absolute atomic E-state index is 13.8. The van der Waals surface area contributed by atoms with Gasteiger partial charge in [0.2, 0.25) is 0 Å². The molecule has 10 nitrogen and oxygen atoms in total. The number of fused-ring (bicyclic) bond motifs is 1. The number of ether oxygens (including phenoxy) is 1.